The Labute approximate surface area is 244 Å². The SMILES string of the molecule is Cc1nc(Cl)ccc1[C@H](Nc1cc(Cl)c2ncc(C#N)c(Nc3ccc(F)c(Cl)c3)c2c1)/C(N)=C/NC1COC1. The lowest BCUT2D eigenvalue weighted by Crippen LogP contribution is -2.44. The molecule has 0 bridgehead atoms. The molecular formula is C28H23Cl3FN7O. The van der Waals surface area contributed by atoms with Gasteiger partial charge in [-0.05, 0) is 43.3 Å². The van der Waals surface area contributed by atoms with Gasteiger partial charge in [-0.15, -0.1) is 0 Å². The van der Waals surface area contributed by atoms with Gasteiger partial charge in [0.1, 0.15) is 17.0 Å². The van der Waals surface area contributed by atoms with Gasteiger partial charge < -0.3 is 26.4 Å². The summed E-state index contributed by atoms with van der Waals surface area (Å²) in [6, 6.07) is 13.1. The highest BCUT2D eigenvalue weighted by Gasteiger charge is 2.22. The van der Waals surface area contributed by atoms with E-state index in [1.807, 2.05) is 19.1 Å². The van der Waals surface area contributed by atoms with E-state index in [1.165, 1.54) is 24.4 Å². The minimum absolute atomic E-state index is 0.0543. The number of aryl methyl sites for hydroxylation is 1. The van der Waals surface area contributed by atoms with Gasteiger partial charge in [0.15, 0.2) is 0 Å². The molecule has 1 aliphatic heterocycles. The second kappa shape index (κ2) is 11.7. The van der Waals surface area contributed by atoms with Crippen molar-refractivity contribution in [3.05, 3.63) is 98.4 Å². The summed E-state index contributed by atoms with van der Waals surface area (Å²) >= 11 is 18.8. The van der Waals surface area contributed by atoms with Crippen LogP contribution in [0.1, 0.15) is 22.9 Å². The molecule has 0 unspecified atom stereocenters. The van der Waals surface area contributed by atoms with E-state index in [9.17, 15) is 9.65 Å². The van der Waals surface area contributed by atoms with Crippen molar-refractivity contribution in [1.29, 1.82) is 5.26 Å². The van der Waals surface area contributed by atoms with Crippen LogP contribution in [0.25, 0.3) is 10.9 Å². The fourth-order valence-electron chi connectivity index (χ4n) is 4.26. The van der Waals surface area contributed by atoms with Crippen LogP contribution in [0.2, 0.25) is 15.2 Å². The van der Waals surface area contributed by atoms with Gasteiger partial charge in [0, 0.05) is 40.4 Å². The number of nitriles is 1. The Morgan fingerprint density at radius 3 is 2.60 bits per heavy atom. The first-order valence-electron chi connectivity index (χ1n) is 12.2. The van der Waals surface area contributed by atoms with E-state index in [0.717, 1.165) is 5.56 Å². The summed E-state index contributed by atoms with van der Waals surface area (Å²) in [4.78, 5) is 8.78. The lowest BCUT2D eigenvalue weighted by molar-refractivity contribution is 0.000639. The molecule has 5 N–H and O–H groups in total. The molecule has 0 amide bonds. The first-order valence-corrected chi connectivity index (χ1v) is 13.3. The number of anilines is 3. The van der Waals surface area contributed by atoms with Crippen LogP contribution in [-0.4, -0.2) is 29.2 Å². The third-order valence-electron chi connectivity index (χ3n) is 6.41. The van der Waals surface area contributed by atoms with Crippen LogP contribution in [0.15, 0.2) is 60.6 Å². The zero-order valence-corrected chi connectivity index (χ0v) is 23.4. The molecule has 3 heterocycles. The molecule has 0 aliphatic carbocycles. The molecule has 4 aromatic rings. The van der Waals surface area contributed by atoms with Gasteiger partial charge in [-0.25, -0.2) is 9.37 Å². The van der Waals surface area contributed by atoms with Crippen molar-refractivity contribution in [2.75, 3.05) is 23.8 Å². The summed E-state index contributed by atoms with van der Waals surface area (Å²) in [6.45, 7) is 3.06. The number of nitrogens with two attached hydrogens (primary N) is 1. The first kappa shape index (κ1) is 27.7. The number of fused-ring (bicyclic) bond motifs is 1. The number of ether oxygens (including phenoxy) is 1. The molecule has 40 heavy (non-hydrogen) atoms. The second-order valence-electron chi connectivity index (χ2n) is 9.20. The molecule has 2 aromatic carbocycles. The number of aromatic nitrogens is 2. The normalized spacial score (nSPS) is 14.3. The predicted octanol–water partition coefficient (Wildman–Crippen LogP) is 6.59. The van der Waals surface area contributed by atoms with Crippen molar-refractivity contribution in [2.45, 2.75) is 19.0 Å². The number of nitrogens with one attached hydrogen (secondary N) is 3. The number of hydrogen-bond donors (Lipinski definition) is 4. The van der Waals surface area contributed by atoms with E-state index in [4.69, 9.17) is 45.3 Å². The molecule has 0 saturated carbocycles. The summed E-state index contributed by atoms with van der Waals surface area (Å²) in [5, 5.41) is 20.9. The highest BCUT2D eigenvalue weighted by Crippen LogP contribution is 2.37. The summed E-state index contributed by atoms with van der Waals surface area (Å²) in [7, 11) is 0. The van der Waals surface area contributed by atoms with E-state index >= 15 is 0 Å². The molecule has 5 rings (SSSR count). The van der Waals surface area contributed by atoms with E-state index in [-0.39, 0.29) is 16.6 Å². The predicted molar refractivity (Wildman–Crippen MR) is 157 cm³/mol. The highest BCUT2D eigenvalue weighted by atomic mass is 35.5. The average molecular weight is 599 g/mol. The van der Waals surface area contributed by atoms with Gasteiger partial charge in [-0.1, -0.05) is 40.9 Å². The molecule has 1 aliphatic rings. The highest BCUT2D eigenvalue weighted by molar-refractivity contribution is 6.36. The molecule has 8 nitrogen and oxygen atoms in total. The average Bonchev–Trinajstić information content (AvgIpc) is 2.89. The maximum Gasteiger partial charge on any atom is 0.141 e. The van der Waals surface area contributed by atoms with Crippen LogP contribution < -0.4 is 21.7 Å². The first-order chi connectivity index (χ1) is 19.2. The van der Waals surface area contributed by atoms with Crippen molar-refractivity contribution in [1.82, 2.24) is 15.3 Å². The molecular weight excluding hydrogens is 576 g/mol. The third-order valence-corrected chi connectivity index (χ3v) is 7.19. The van der Waals surface area contributed by atoms with Crippen LogP contribution in [0, 0.1) is 24.1 Å². The standard InChI is InChI=1S/C28H23Cl3FN7O/c1-14-19(3-5-25(31)37-14)28(24(34)11-35-18-12-40-13-18)39-17-6-20-26(38-16-2-4-23(32)21(29)7-16)15(9-33)10-36-27(20)22(30)8-17/h2-8,10-11,18,28,35,39H,12-13,34H2,1H3,(H,36,38)/b24-11-/t28-/m0/s1. The zero-order valence-electron chi connectivity index (χ0n) is 21.1. The third kappa shape index (κ3) is 5.86. The van der Waals surface area contributed by atoms with Crippen molar-refractivity contribution < 1.29 is 9.13 Å². The van der Waals surface area contributed by atoms with Gasteiger partial charge in [-0.3, -0.25) is 4.98 Å². The van der Waals surface area contributed by atoms with Gasteiger partial charge >= 0.3 is 0 Å². The Morgan fingerprint density at radius 2 is 1.93 bits per heavy atom. The quantitative estimate of drug-likeness (QED) is 0.168. The summed E-state index contributed by atoms with van der Waals surface area (Å²) in [5.41, 5.74) is 10.9. The monoisotopic (exact) mass is 597 g/mol. The molecule has 1 fully saturated rings. The van der Waals surface area contributed by atoms with Crippen LogP contribution in [0.4, 0.5) is 21.5 Å². The van der Waals surface area contributed by atoms with Gasteiger partial charge in [0.25, 0.3) is 0 Å². The van der Waals surface area contributed by atoms with Gasteiger partial charge in [-0.2, -0.15) is 5.26 Å². The Hall–Kier alpha value is -3.81. The minimum Gasteiger partial charge on any atom is -0.399 e. The van der Waals surface area contributed by atoms with E-state index in [1.54, 1.807) is 18.3 Å². The molecule has 204 valence electrons. The fraction of sp³-hybridized carbons (Fsp3) is 0.179. The molecule has 1 atom stereocenters. The molecule has 12 heteroatoms. The molecule has 1 saturated heterocycles. The number of pyridine rings is 2. The Balaban J connectivity index is 1.58. The topological polar surface area (TPSA) is 121 Å². The van der Waals surface area contributed by atoms with Gasteiger partial charge in [0.2, 0.25) is 0 Å². The number of nitrogens with zero attached hydrogens (tertiary/aromatic N) is 3. The van der Waals surface area contributed by atoms with Crippen LogP contribution in [-0.2, 0) is 4.74 Å². The van der Waals surface area contributed by atoms with Crippen molar-refractivity contribution in [3.63, 3.8) is 0 Å². The van der Waals surface area contributed by atoms with Crippen molar-refractivity contribution >= 4 is 62.8 Å². The number of hydrogen-bond acceptors (Lipinski definition) is 8. The van der Waals surface area contributed by atoms with Gasteiger partial charge in [0.05, 0.1) is 57.8 Å². The van der Waals surface area contributed by atoms with E-state index in [0.29, 0.717) is 62.7 Å². The minimum atomic E-state index is -0.551. The summed E-state index contributed by atoms with van der Waals surface area (Å²) in [6.07, 6.45) is 3.18. The lowest BCUT2D eigenvalue weighted by atomic mass is 10.0. The Morgan fingerprint density at radius 1 is 1.15 bits per heavy atom. The smallest absolute Gasteiger partial charge is 0.141 e. The molecule has 0 radical (unpaired) electrons. The Bertz CT molecular complexity index is 1670. The second-order valence-corrected chi connectivity index (χ2v) is 10.4. The molecule has 2 aromatic heterocycles. The zero-order chi connectivity index (χ0) is 28.4. The maximum absolute atomic E-state index is 13.8. The fourth-order valence-corrected chi connectivity index (χ4v) is 4.90. The van der Waals surface area contributed by atoms with Crippen molar-refractivity contribution in [3.8, 4) is 6.07 Å². The lowest BCUT2D eigenvalue weighted by Gasteiger charge is -2.28. The van der Waals surface area contributed by atoms with Crippen molar-refractivity contribution in [2.24, 2.45) is 5.73 Å². The van der Waals surface area contributed by atoms with Crippen LogP contribution in [0.3, 0.4) is 0 Å². The van der Waals surface area contributed by atoms with Crippen LogP contribution >= 0.6 is 34.8 Å². The molecule has 0 spiro atoms. The number of rotatable bonds is 8. The van der Waals surface area contributed by atoms with E-state index < -0.39 is 11.9 Å². The van der Waals surface area contributed by atoms with E-state index in [2.05, 4.69) is 32.0 Å². The summed E-state index contributed by atoms with van der Waals surface area (Å²) in [5.74, 6) is -0.551. The maximum atomic E-state index is 13.8. The Kier molecular flexibility index (Phi) is 8.14. The number of benzene rings is 2. The summed E-state index contributed by atoms with van der Waals surface area (Å²) < 4.78 is 19.0. The largest absolute Gasteiger partial charge is 0.399 e. The number of halogens is 4. The van der Waals surface area contributed by atoms with Crippen LogP contribution in [0.5, 0.6) is 0 Å².